The van der Waals surface area contributed by atoms with Crippen LogP contribution in [0.5, 0.6) is 0 Å². The molecule has 2 heteroatoms. The van der Waals surface area contributed by atoms with E-state index in [1.807, 2.05) is 20.8 Å². The molecule has 1 atom stereocenters. The number of hydrogen-bond acceptors (Lipinski definition) is 2. The molecule has 0 rings (SSSR count). The minimum absolute atomic E-state index is 0.0705. The fourth-order valence-electron chi connectivity index (χ4n) is 2.33. The Balaban J connectivity index is 4.53. The lowest BCUT2D eigenvalue weighted by Crippen LogP contribution is -2.44. The van der Waals surface area contributed by atoms with Crippen molar-refractivity contribution in [2.75, 3.05) is 0 Å². The highest BCUT2D eigenvalue weighted by Crippen LogP contribution is 2.39. The summed E-state index contributed by atoms with van der Waals surface area (Å²) in [7, 11) is 0. The Morgan fingerprint density at radius 3 is 1.88 bits per heavy atom. The first kappa shape index (κ1) is 16.9. The van der Waals surface area contributed by atoms with Crippen molar-refractivity contribution in [3.05, 3.63) is 0 Å². The molecule has 0 bridgehead atoms. The monoisotopic (exact) mass is 244 g/mol. The fourth-order valence-corrected chi connectivity index (χ4v) is 2.33. The first-order valence-corrected chi connectivity index (χ1v) is 6.81. The van der Waals surface area contributed by atoms with Gasteiger partial charge in [-0.3, -0.25) is 0 Å². The molecule has 0 aromatic heterocycles. The van der Waals surface area contributed by atoms with E-state index in [1.54, 1.807) is 0 Å². The molecule has 0 saturated heterocycles. The van der Waals surface area contributed by atoms with Gasteiger partial charge in [0, 0.05) is 6.42 Å². The van der Waals surface area contributed by atoms with Gasteiger partial charge in [0.25, 0.3) is 0 Å². The van der Waals surface area contributed by atoms with E-state index in [4.69, 9.17) is 4.74 Å². The predicted molar refractivity (Wildman–Crippen MR) is 74.2 cm³/mol. The van der Waals surface area contributed by atoms with E-state index >= 15 is 0 Å². The van der Waals surface area contributed by atoms with Gasteiger partial charge in [-0.05, 0) is 46.5 Å². The molecule has 104 valence electrons. The van der Waals surface area contributed by atoms with Gasteiger partial charge in [0.2, 0.25) is 0 Å². The van der Waals surface area contributed by atoms with Crippen molar-refractivity contribution in [2.45, 2.75) is 92.0 Å². The van der Waals surface area contributed by atoms with Crippen molar-refractivity contribution in [3.63, 3.8) is 0 Å². The highest BCUT2D eigenvalue weighted by atomic mass is 16.5. The largest absolute Gasteiger partial charge is 0.390 e. The lowest BCUT2D eigenvalue weighted by atomic mass is 9.73. The van der Waals surface area contributed by atoms with E-state index in [9.17, 15) is 5.11 Å². The summed E-state index contributed by atoms with van der Waals surface area (Å²) >= 11 is 0. The highest BCUT2D eigenvalue weighted by molar-refractivity contribution is 4.88. The van der Waals surface area contributed by atoms with Crippen LogP contribution in [0, 0.1) is 5.41 Å². The number of rotatable bonds is 7. The Hall–Kier alpha value is -0.0800. The van der Waals surface area contributed by atoms with Crippen LogP contribution in [0.3, 0.4) is 0 Å². The van der Waals surface area contributed by atoms with Crippen molar-refractivity contribution in [1.29, 1.82) is 0 Å². The van der Waals surface area contributed by atoms with Crippen LogP contribution in [0.4, 0.5) is 0 Å². The van der Waals surface area contributed by atoms with Gasteiger partial charge in [-0.1, -0.05) is 27.2 Å². The molecule has 0 aliphatic carbocycles. The van der Waals surface area contributed by atoms with Crippen LogP contribution in [0.25, 0.3) is 0 Å². The third-order valence-electron chi connectivity index (χ3n) is 3.79. The molecular formula is C15H32O2. The summed E-state index contributed by atoms with van der Waals surface area (Å²) in [6.07, 6.45) is 3.05. The van der Waals surface area contributed by atoms with Crippen LogP contribution in [0.1, 0.15) is 74.7 Å². The van der Waals surface area contributed by atoms with Crippen molar-refractivity contribution < 1.29 is 9.84 Å². The Morgan fingerprint density at radius 2 is 1.53 bits per heavy atom. The van der Waals surface area contributed by atoms with Gasteiger partial charge in [0.1, 0.15) is 0 Å². The predicted octanol–water partition coefficient (Wildman–Crippen LogP) is 4.16. The molecule has 1 unspecified atom stereocenters. The van der Waals surface area contributed by atoms with E-state index in [0.717, 1.165) is 6.42 Å². The molecule has 0 radical (unpaired) electrons. The SMILES string of the molecule is CCCC(C)(C)C(C)(C)OC(C)CC(C)(C)O. The standard InChI is InChI=1S/C15H32O2/c1-9-10-13(3,4)15(7,8)17-12(2)11-14(5,6)16/h12,16H,9-11H2,1-8H3. The average Bonchev–Trinajstić information content (AvgIpc) is 1.97. The molecule has 0 aliphatic rings. The van der Waals surface area contributed by atoms with Crippen LogP contribution >= 0.6 is 0 Å². The van der Waals surface area contributed by atoms with Gasteiger partial charge in [0.15, 0.2) is 0 Å². The summed E-state index contributed by atoms with van der Waals surface area (Å²) in [6, 6.07) is 0. The minimum atomic E-state index is -0.662. The van der Waals surface area contributed by atoms with Crippen molar-refractivity contribution in [2.24, 2.45) is 5.41 Å². The zero-order valence-electron chi connectivity index (χ0n) is 13.1. The highest BCUT2D eigenvalue weighted by Gasteiger charge is 2.38. The van der Waals surface area contributed by atoms with Crippen molar-refractivity contribution in [3.8, 4) is 0 Å². The van der Waals surface area contributed by atoms with Crippen LogP contribution in [-0.4, -0.2) is 22.4 Å². The molecule has 0 amide bonds. The molecule has 0 heterocycles. The van der Waals surface area contributed by atoms with Gasteiger partial charge < -0.3 is 9.84 Å². The van der Waals surface area contributed by atoms with E-state index in [2.05, 4.69) is 34.6 Å². The van der Waals surface area contributed by atoms with Crippen LogP contribution in [0.15, 0.2) is 0 Å². The summed E-state index contributed by atoms with van der Waals surface area (Å²) in [6.45, 7) is 16.7. The van der Waals surface area contributed by atoms with E-state index < -0.39 is 5.60 Å². The Kier molecular flexibility index (Phi) is 5.68. The summed E-state index contributed by atoms with van der Waals surface area (Å²) in [5.74, 6) is 0. The summed E-state index contributed by atoms with van der Waals surface area (Å²) in [5.41, 5.74) is -0.687. The zero-order valence-corrected chi connectivity index (χ0v) is 13.1. The van der Waals surface area contributed by atoms with Crippen LogP contribution in [-0.2, 0) is 4.74 Å². The lowest BCUT2D eigenvalue weighted by Gasteiger charge is -2.44. The molecule has 0 spiro atoms. The topological polar surface area (TPSA) is 29.5 Å². The van der Waals surface area contributed by atoms with Gasteiger partial charge in [-0.2, -0.15) is 0 Å². The second-order valence-corrected chi connectivity index (χ2v) is 7.09. The van der Waals surface area contributed by atoms with E-state index in [-0.39, 0.29) is 17.1 Å². The molecule has 0 aliphatic heterocycles. The Labute approximate surface area is 108 Å². The molecule has 0 aromatic carbocycles. The molecular weight excluding hydrogens is 212 g/mol. The molecule has 17 heavy (non-hydrogen) atoms. The smallest absolute Gasteiger partial charge is 0.0680 e. The van der Waals surface area contributed by atoms with Gasteiger partial charge in [-0.15, -0.1) is 0 Å². The number of aliphatic hydroxyl groups is 1. The summed E-state index contributed by atoms with van der Waals surface area (Å²) < 4.78 is 6.17. The third-order valence-corrected chi connectivity index (χ3v) is 3.79. The third kappa shape index (κ3) is 5.87. The number of ether oxygens (including phenoxy) is 1. The second kappa shape index (κ2) is 5.71. The lowest BCUT2D eigenvalue weighted by molar-refractivity contribution is -0.147. The Bertz CT molecular complexity index is 224. The zero-order chi connectivity index (χ0) is 13.9. The summed E-state index contributed by atoms with van der Waals surface area (Å²) in [5, 5.41) is 9.81. The Morgan fingerprint density at radius 1 is 1.06 bits per heavy atom. The van der Waals surface area contributed by atoms with E-state index in [0.29, 0.717) is 6.42 Å². The van der Waals surface area contributed by atoms with Gasteiger partial charge in [-0.25, -0.2) is 0 Å². The summed E-state index contributed by atoms with van der Waals surface area (Å²) in [4.78, 5) is 0. The van der Waals surface area contributed by atoms with Crippen molar-refractivity contribution >= 4 is 0 Å². The maximum atomic E-state index is 9.81. The average molecular weight is 244 g/mol. The molecule has 2 nitrogen and oxygen atoms in total. The van der Waals surface area contributed by atoms with Crippen molar-refractivity contribution in [1.82, 2.24) is 0 Å². The fraction of sp³-hybridized carbons (Fsp3) is 1.00. The van der Waals surface area contributed by atoms with E-state index in [1.165, 1.54) is 6.42 Å². The molecule has 0 fully saturated rings. The normalized spacial score (nSPS) is 16.1. The van der Waals surface area contributed by atoms with Crippen LogP contribution < -0.4 is 0 Å². The van der Waals surface area contributed by atoms with Crippen LogP contribution in [0.2, 0.25) is 0 Å². The maximum Gasteiger partial charge on any atom is 0.0680 e. The molecule has 0 saturated carbocycles. The van der Waals surface area contributed by atoms with Gasteiger partial charge in [0.05, 0.1) is 17.3 Å². The van der Waals surface area contributed by atoms with Gasteiger partial charge >= 0.3 is 0 Å². The first-order chi connectivity index (χ1) is 7.41. The quantitative estimate of drug-likeness (QED) is 0.728. The second-order valence-electron chi connectivity index (χ2n) is 7.09. The number of hydrogen-bond donors (Lipinski definition) is 1. The molecule has 1 N–H and O–H groups in total. The maximum absolute atomic E-state index is 9.81. The minimum Gasteiger partial charge on any atom is -0.390 e. The molecule has 0 aromatic rings. The first-order valence-electron chi connectivity index (χ1n) is 6.81.